The molecule has 2 heterocycles. The van der Waals surface area contributed by atoms with Crippen LogP contribution in [0.2, 0.25) is 0 Å². The predicted octanol–water partition coefficient (Wildman–Crippen LogP) is 5.18. The van der Waals surface area contributed by atoms with Crippen LogP contribution in [0.1, 0.15) is 18.0 Å². The Hall–Kier alpha value is -3.52. The number of nitrogens with zero attached hydrogens (tertiary/aromatic N) is 2. The molecule has 0 aliphatic carbocycles. The van der Waals surface area contributed by atoms with Crippen LogP contribution in [0.15, 0.2) is 60.7 Å². The number of nitrogens with one attached hydrogen (secondary N) is 1. The smallest absolute Gasteiger partial charge is 0.322 e. The second-order valence-electron chi connectivity index (χ2n) is 8.79. The Morgan fingerprint density at radius 3 is 2.44 bits per heavy atom. The molecule has 3 atom stereocenters. The van der Waals surface area contributed by atoms with Crippen molar-refractivity contribution in [2.45, 2.75) is 18.5 Å². The first-order valence-corrected chi connectivity index (χ1v) is 11.1. The summed E-state index contributed by atoms with van der Waals surface area (Å²) < 4.78 is 41.2. The lowest BCUT2D eigenvalue weighted by atomic mass is 9.81. The lowest BCUT2D eigenvalue weighted by Gasteiger charge is -2.44. The Balaban J connectivity index is 1.54. The molecule has 2 amide bonds. The van der Waals surface area contributed by atoms with Crippen molar-refractivity contribution >= 4 is 17.4 Å². The molecule has 8 heteroatoms. The van der Waals surface area contributed by atoms with Gasteiger partial charge in [0.15, 0.2) is 0 Å². The zero-order valence-electron chi connectivity index (χ0n) is 18.5. The van der Waals surface area contributed by atoms with Gasteiger partial charge >= 0.3 is 6.03 Å². The number of fused-ring (bicyclic) bond motifs is 3. The van der Waals surface area contributed by atoms with Crippen LogP contribution < -0.4 is 10.2 Å². The van der Waals surface area contributed by atoms with E-state index in [2.05, 4.69) is 5.32 Å². The average Bonchev–Trinajstić information content (AvgIpc) is 3.27. The normalized spacial score (nSPS) is 21.3. The van der Waals surface area contributed by atoms with Gasteiger partial charge < -0.3 is 20.2 Å². The number of aliphatic hydroxyl groups excluding tert-OH is 1. The van der Waals surface area contributed by atoms with Gasteiger partial charge in [-0.15, -0.1) is 0 Å². The molecule has 0 radical (unpaired) electrons. The summed E-state index contributed by atoms with van der Waals surface area (Å²) in [4.78, 5) is 16.9. The van der Waals surface area contributed by atoms with E-state index >= 15 is 0 Å². The van der Waals surface area contributed by atoms with Crippen LogP contribution in [-0.2, 0) is 0 Å². The van der Waals surface area contributed by atoms with Gasteiger partial charge in [0, 0.05) is 31.3 Å². The van der Waals surface area contributed by atoms with E-state index in [0.29, 0.717) is 13.0 Å². The van der Waals surface area contributed by atoms with Gasteiger partial charge in [-0.2, -0.15) is 0 Å². The lowest BCUT2D eigenvalue weighted by Crippen LogP contribution is -2.48. The first-order chi connectivity index (χ1) is 16.4. The highest BCUT2D eigenvalue weighted by molar-refractivity contribution is 5.90. The predicted molar refractivity (Wildman–Crippen MR) is 124 cm³/mol. The van der Waals surface area contributed by atoms with Crippen LogP contribution in [0, 0.1) is 23.4 Å². The molecular weight excluding hydrogens is 443 g/mol. The summed E-state index contributed by atoms with van der Waals surface area (Å²) in [6, 6.07) is 13.9. The monoisotopic (exact) mass is 467 g/mol. The molecular formula is C26H24F3N3O2. The molecule has 0 saturated carbocycles. The summed E-state index contributed by atoms with van der Waals surface area (Å²) in [6.07, 6.45) is 0.652. The molecule has 2 N–H and O–H groups in total. The zero-order valence-corrected chi connectivity index (χ0v) is 18.5. The molecule has 5 nitrogen and oxygen atoms in total. The molecule has 1 fully saturated rings. The first-order valence-electron chi connectivity index (χ1n) is 11.1. The number of aliphatic hydroxyl groups is 1. The van der Waals surface area contributed by atoms with Gasteiger partial charge in [0.1, 0.15) is 17.5 Å². The van der Waals surface area contributed by atoms with Gasteiger partial charge in [-0.3, -0.25) is 0 Å². The van der Waals surface area contributed by atoms with Crippen molar-refractivity contribution in [1.29, 1.82) is 0 Å². The van der Waals surface area contributed by atoms with E-state index in [1.54, 1.807) is 17.0 Å². The standard InChI is InChI=1S/C26H24F3N3O2/c1-31-23-9-4-16(15-2-5-17(27)6-3-15)12-20(23)25-19(24(31)14-33)10-11-32(25)26(34)30-22-13-18(28)7-8-21(22)29/h2-9,12-13,19,24-25,33H,10-11,14H2,1H3,(H,30,34)/t19-,24+,25-/m0/s1. The molecule has 0 unspecified atom stereocenters. The van der Waals surface area contributed by atoms with Crippen LogP contribution in [0.4, 0.5) is 29.3 Å². The minimum atomic E-state index is -0.721. The highest BCUT2D eigenvalue weighted by Crippen LogP contribution is 2.49. The van der Waals surface area contributed by atoms with E-state index in [1.165, 1.54) is 12.1 Å². The van der Waals surface area contributed by atoms with Gasteiger partial charge in [-0.1, -0.05) is 18.2 Å². The number of amides is 2. The molecule has 3 aromatic carbocycles. The minimum Gasteiger partial charge on any atom is -0.394 e. The number of hydrogen-bond donors (Lipinski definition) is 2. The molecule has 1 saturated heterocycles. The Morgan fingerprint density at radius 1 is 1.00 bits per heavy atom. The molecule has 3 aromatic rings. The van der Waals surface area contributed by atoms with Gasteiger partial charge in [0.25, 0.3) is 0 Å². The van der Waals surface area contributed by atoms with Gasteiger partial charge in [-0.05, 0) is 59.5 Å². The lowest BCUT2D eigenvalue weighted by molar-refractivity contribution is 0.168. The summed E-state index contributed by atoms with van der Waals surface area (Å²) in [5.41, 5.74) is 3.26. The molecule has 5 rings (SSSR count). The molecule has 0 spiro atoms. The number of benzene rings is 3. The Bertz CT molecular complexity index is 1230. The van der Waals surface area contributed by atoms with Crippen molar-refractivity contribution in [3.63, 3.8) is 0 Å². The van der Waals surface area contributed by atoms with Crippen molar-refractivity contribution in [3.8, 4) is 11.1 Å². The number of halogens is 3. The molecule has 0 bridgehead atoms. The van der Waals surface area contributed by atoms with Crippen molar-refractivity contribution in [2.24, 2.45) is 5.92 Å². The van der Waals surface area contributed by atoms with E-state index in [0.717, 1.165) is 40.6 Å². The van der Waals surface area contributed by atoms with E-state index in [4.69, 9.17) is 0 Å². The highest BCUT2D eigenvalue weighted by atomic mass is 19.1. The minimum absolute atomic E-state index is 0.0472. The molecule has 0 aromatic heterocycles. The summed E-state index contributed by atoms with van der Waals surface area (Å²) in [7, 11) is 1.92. The zero-order chi connectivity index (χ0) is 24.0. The number of urea groups is 1. The number of hydrogen-bond acceptors (Lipinski definition) is 3. The number of carbonyl (C=O) groups is 1. The van der Waals surface area contributed by atoms with Gasteiger partial charge in [0.2, 0.25) is 0 Å². The molecule has 2 aliphatic heterocycles. The number of anilines is 2. The maximum atomic E-state index is 14.2. The fourth-order valence-corrected chi connectivity index (χ4v) is 5.28. The number of carbonyl (C=O) groups excluding carboxylic acids is 1. The topological polar surface area (TPSA) is 55.8 Å². The van der Waals surface area contributed by atoms with Crippen LogP contribution in [0.25, 0.3) is 11.1 Å². The van der Waals surface area contributed by atoms with Crippen LogP contribution >= 0.6 is 0 Å². The maximum absolute atomic E-state index is 14.2. The first kappa shape index (κ1) is 22.3. The third-order valence-corrected chi connectivity index (χ3v) is 6.96. The molecule has 176 valence electrons. The van der Waals surface area contributed by atoms with E-state index in [-0.39, 0.29) is 36.1 Å². The van der Waals surface area contributed by atoms with Gasteiger partial charge in [-0.25, -0.2) is 18.0 Å². The van der Waals surface area contributed by atoms with E-state index < -0.39 is 17.7 Å². The highest BCUT2D eigenvalue weighted by Gasteiger charge is 2.47. The fourth-order valence-electron chi connectivity index (χ4n) is 5.28. The SMILES string of the molecule is CN1c2ccc(-c3ccc(F)cc3)cc2[C@@H]2[C@@H](CCN2C(=O)Nc2cc(F)ccc2F)[C@H]1CO. The van der Waals surface area contributed by atoms with Crippen molar-refractivity contribution < 1.29 is 23.1 Å². The van der Waals surface area contributed by atoms with Crippen LogP contribution in [0.3, 0.4) is 0 Å². The van der Waals surface area contributed by atoms with Gasteiger partial charge in [0.05, 0.1) is 24.4 Å². The average molecular weight is 467 g/mol. The van der Waals surface area contributed by atoms with Crippen molar-refractivity contribution in [3.05, 3.63) is 83.7 Å². The summed E-state index contributed by atoms with van der Waals surface area (Å²) in [6.45, 7) is 0.327. The molecule has 2 aliphatic rings. The molecule has 34 heavy (non-hydrogen) atoms. The van der Waals surface area contributed by atoms with Crippen LogP contribution in [0.5, 0.6) is 0 Å². The summed E-state index contributed by atoms with van der Waals surface area (Å²) >= 11 is 0. The second-order valence-corrected chi connectivity index (χ2v) is 8.79. The van der Waals surface area contributed by atoms with Crippen molar-refractivity contribution in [1.82, 2.24) is 4.90 Å². The third kappa shape index (κ3) is 3.77. The fraction of sp³-hybridized carbons (Fsp3) is 0.269. The number of rotatable bonds is 3. The quantitative estimate of drug-likeness (QED) is 0.558. The van der Waals surface area contributed by atoms with Crippen molar-refractivity contribution in [2.75, 3.05) is 30.4 Å². The third-order valence-electron chi connectivity index (χ3n) is 6.96. The number of likely N-dealkylation sites (tertiary alicyclic amines) is 1. The number of likely N-dealkylation sites (N-methyl/N-ethyl adjacent to an activating group) is 1. The Morgan fingerprint density at radius 2 is 1.71 bits per heavy atom. The summed E-state index contributed by atoms with van der Waals surface area (Å²) in [5.74, 6) is -1.74. The Kier molecular flexibility index (Phi) is 5.69. The van der Waals surface area contributed by atoms with E-state index in [9.17, 15) is 23.1 Å². The maximum Gasteiger partial charge on any atom is 0.322 e. The largest absolute Gasteiger partial charge is 0.394 e. The van der Waals surface area contributed by atoms with Crippen LogP contribution in [-0.4, -0.2) is 42.3 Å². The second kappa shape index (κ2) is 8.68. The Labute approximate surface area is 195 Å². The summed E-state index contributed by atoms with van der Waals surface area (Å²) in [5, 5.41) is 12.6. The van der Waals surface area contributed by atoms with E-state index in [1.807, 2.05) is 30.1 Å².